The normalized spacial score (nSPS) is 19.7. The van der Waals surface area contributed by atoms with Gasteiger partial charge in [0.25, 0.3) is 5.91 Å². The summed E-state index contributed by atoms with van der Waals surface area (Å²) in [5.41, 5.74) is 2.87. The van der Waals surface area contributed by atoms with E-state index >= 15 is 0 Å². The van der Waals surface area contributed by atoms with Crippen LogP contribution >= 0.6 is 0 Å². The molecule has 1 aliphatic rings. The second-order valence-corrected chi connectivity index (χ2v) is 8.71. The molecule has 2 aromatic heterocycles. The summed E-state index contributed by atoms with van der Waals surface area (Å²) in [6.45, 7) is 3.59. The van der Waals surface area contributed by atoms with Crippen molar-refractivity contribution in [2.24, 2.45) is 5.92 Å². The van der Waals surface area contributed by atoms with E-state index in [1.54, 1.807) is 24.6 Å². The maximum Gasteiger partial charge on any atom is 0.251 e. The molecular weight excluding hydrogens is 380 g/mol. The van der Waals surface area contributed by atoms with Crippen molar-refractivity contribution in [3.05, 3.63) is 53.9 Å². The highest BCUT2D eigenvalue weighted by molar-refractivity contribution is 5.96. The van der Waals surface area contributed by atoms with Gasteiger partial charge < -0.3 is 19.9 Å². The van der Waals surface area contributed by atoms with Crippen LogP contribution in [0.3, 0.4) is 0 Å². The number of carbonyl (C=O) groups is 1. The van der Waals surface area contributed by atoms with Gasteiger partial charge in [0.15, 0.2) is 0 Å². The van der Waals surface area contributed by atoms with Crippen molar-refractivity contribution in [1.82, 2.24) is 10.3 Å². The van der Waals surface area contributed by atoms with Crippen molar-refractivity contribution in [3.63, 3.8) is 0 Å². The molecule has 3 aromatic rings. The van der Waals surface area contributed by atoms with E-state index in [-0.39, 0.29) is 24.5 Å². The second-order valence-electron chi connectivity index (χ2n) is 8.71. The van der Waals surface area contributed by atoms with E-state index in [1.807, 2.05) is 32.0 Å². The molecule has 1 saturated carbocycles. The average molecular weight is 408 g/mol. The number of nitrogens with one attached hydrogen (secondary N) is 1. The number of benzene rings is 1. The van der Waals surface area contributed by atoms with E-state index in [4.69, 9.17) is 4.42 Å². The SMILES string of the molecule is CC(C)(O)[C@H]1CC[C@H](NC(=O)c2ccc(-c3ncc(CO)c4occc34)cc2)CC1. The molecule has 0 unspecified atom stereocenters. The van der Waals surface area contributed by atoms with Crippen LogP contribution in [-0.2, 0) is 6.61 Å². The number of amides is 1. The Balaban J connectivity index is 1.44. The zero-order chi connectivity index (χ0) is 21.3. The maximum absolute atomic E-state index is 12.7. The zero-order valence-electron chi connectivity index (χ0n) is 17.4. The third kappa shape index (κ3) is 4.11. The smallest absolute Gasteiger partial charge is 0.251 e. The van der Waals surface area contributed by atoms with Gasteiger partial charge in [0, 0.05) is 34.3 Å². The number of fused-ring (bicyclic) bond motifs is 1. The van der Waals surface area contributed by atoms with Crippen molar-refractivity contribution < 1.29 is 19.4 Å². The van der Waals surface area contributed by atoms with Gasteiger partial charge in [-0.05, 0) is 63.6 Å². The van der Waals surface area contributed by atoms with Gasteiger partial charge in [0.1, 0.15) is 5.58 Å². The van der Waals surface area contributed by atoms with Crippen LogP contribution in [0.4, 0.5) is 0 Å². The van der Waals surface area contributed by atoms with E-state index in [1.165, 1.54) is 0 Å². The summed E-state index contributed by atoms with van der Waals surface area (Å²) in [5.74, 6) is 0.208. The van der Waals surface area contributed by atoms with Gasteiger partial charge >= 0.3 is 0 Å². The Labute approximate surface area is 175 Å². The minimum absolute atomic E-state index is 0.0784. The third-order valence-corrected chi connectivity index (χ3v) is 6.21. The van der Waals surface area contributed by atoms with Gasteiger partial charge in [0.2, 0.25) is 0 Å². The van der Waals surface area contributed by atoms with E-state index in [9.17, 15) is 15.0 Å². The summed E-state index contributed by atoms with van der Waals surface area (Å²) in [4.78, 5) is 17.1. The van der Waals surface area contributed by atoms with Crippen LogP contribution in [0.25, 0.3) is 22.2 Å². The first-order valence-corrected chi connectivity index (χ1v) is 10.5. The molecule has 0 spiro atoms. The Bertz CT molecular complexity index is 1030. The van der Waals surface area contributed by atoms with E-state index in [2.05, 4.69) is 10.3 Å². The molecular formula is C24H28N2O4. The molecule has 1 aliphatic carbocycles. The standard InChI is InChI=1S/C24H28N2O4/c1-24(2,29)18-7-9-19(10-8-18)26-23(28)16-5-3-15(4-6-16)21-20-11-12-30-22(20)17(14-27)13-25-21/h3-6,11-13,18-19,27,29H,7-10,14H2,1-2H3,(H,26,28)/t18-,19-. The lowest BCUT2D eigenvalue weighted by Crippen LogP contribution is -2.41. The first kappa shape index (κ1) is 20.6. The third-order valence-electron chi connectivity index (χ3n) is 6.21. The van der Waals surface area contributed by atoms with Crippen LogP contribution in [0.5, 0.6) is 0 Å². The number of aliphatic hydroxyl groups excluding tert-OH is 1. The summed E-state index contributed by atoms with van der Waals surface area (Å²) in [6.07, 6.45) is 6.82. The number of hydrogen-bond acceptors (Lipinski definition) is 5. The van der Waals surface area contributed by atoms with Crippen LogP contribution in [-0.4, -0.2) is 32.7 Å². The molecule has 6 nitrogen and oxygen atoms in total. The lowest BCUT2D eigenvalue weighted by molar-refractivity contribution is -0.00257. The Kier molecular flexibility index (Phi) is 5.62. The van der Waals surface area contributed by atoms with Crippen molar-refractivity contribution >= 4 is 16.9 Å². The molecule has 0 radical (unpaired) electrons. The lowest BCUT2D eigenvalue weighted by atomic mass is 9.77. The highest BCUT2D eigenvalue weighted by atomic mass is 16.3. The van der Waals surface area contributed by atoms with Crippen LogP contribution in [0, 0.1) is 5.92 Å². The predicted octanol–water partition coefficient (Wildman–Crippen LogP) is 4.05. The largest absolute Gasteiger partial charge is 0.464 e. The van der Waals surface area contributed by atoms with E-state index < -0.39 is 5.60 Å². The number of aromatic nitrogens is 1. The van der Waals surface area contributed by atoms with E-state index in [0.29, 0.717) is 16.7 Å². The molecule has 30 heavy (non-hydrogen) atoms. The highest BCUT2D eigenvalue weighted by Crippen LogP contribution is 2.33. The Hall–Kier alpha value is -2.70. The molecule has 4 rings (SSSR count). The summed E-state index contributed by atoms with van der Waals surface area (Å²) >= 11 is 0. The number of aliphatic hydroxyl groups is 2. The summed E-state index contributed by atoms with van der Waals surface area (Å²) in [7, 11) is 0. The maximum atomic E-state index is 12.7. The number of pyridine rings is 1. The average Bonchev–Trinajstić information content (AvgIpc) is 3.23. The summed E-state index contributed by atoms with van der Waals surface area (Å²) in [6, 6.07) is 9.36. The van der Waals surface area contributed by atoms with Gasteiger partial charge in [-0.15, -0.1) is 0 Å². The molecule has 0 atom stereocenters. The first-order chi connectivity index (χ1) is 14.4. The van der Waals surface area contributed by atoms with Crippen molar-refractivity contribution in [2.75, 3.05) is 0 Å². The zero-order valence-corrected chi connectivity index (χ0v) is 17.4. The Morgan fingerprint density at radius 3 is 2.50 bits per heavy atom. The number of furan rings is 1. The summed E-state index contributed by atoms with van der Waals surface area (Å²) in [5, 5.41) is 23.6. The lowest BCUT2D eigenvalue weighted by Gasteiger charge is -2.36. The van der Waals surface area contributed by atoms with Crippen molar-refractivity contribution in [3.8, 4) is 11.3 Å². The fraction of sp³-hybridized carbons (Fsp3) is 0.417. The first-order valence-electron chi connectivity index (χ1n) is 10.5. The molecule has 1 aromatic carbocycles. The fourth-order valence-electron chi connectivity index (χ4n) is 4.35. The molecule has 0 bridgehead atoms. The van der Waals surface area contributed by atoms with E-state index in [0.717, 1.165) is 42.3 Å². The molecule has 2 heterocycles. The molecule has 0 aliphatic heterocycles. The molecule has 158 valence electrons. The minimum Gasteiger partial charge on any atom is -0.464 e. The Morgan fingerprint density at radius 1 is 1.17 bits per heavy atom. The summed E-state index contributed by atoms with van der Waals surface area (Å²) < 4.78 is 5.50. The van der Waals surface area contributed by atoms with Crippen LogP contribution in [0.2, 0.25) is 0 Å². The molecule has 1 fully saturated rings. The van der Waals surface area contributed by atoms with Gasteiger partial charge in [-0.3, -0.25) is 9.78 Å². The van der Waals surface area contributed by atoms with Crippen LogP contribution in [0.15, 0.2) is 47.2 Å². The van der Waals surface area contributed by atoms with Crippen molar-refractivity contribution in [1.29, 1.82) is 0 Å². The number of carbonyl (C=O) groups excluding carboxylic acids is 1. The molecule has 0 saturated heterocycles. The van der Waals surface area contributed by atoms with Gasteiger partial charge in [-0.1, -0.05) is 12.1 Å². The highest BCUT2D eigenvalue weighted by Gasteiger charge is 2.31. The van der Waals surface area contributed by atoms with Gasteiger partial charge in [0.05, 0.1) is 24.2 Å². The fourth-order valence-corrected chi connectivity index (χ4v) is 4.35. The number of hydrogen-bond donors (Lipinski definition) is 3. The van der Waals surface area contributed by atoms with Gasteiger partial charge in [-0.2, -0.15) is 0 Å². The van der Waals surface area contributed by atoms with Gasteiger partial charge in [-0.25, -0.2) is 0 Å². The van der Waals surface area contributed by atoms with Crippen LogP contribution < -0.4 is 5.32 Å². The van der Waals surface area contributed by atoms with Crippen LogP contribution in [0.1, 0.15) is 55.5 Å². The predicted molar refractivity (Wildman–Crippen MR) is 115 cm³/mol. The molecule has 6 heteroatoms. The number of nitrogens with zero attached hydrogens (tertiary/aromatic N) is 1. The number of rotatable bonds is 5. The second kappa shape index (κ2) is 8.20. The van der Waals surface area contributed by atoms with Crippen molar-refractivity contribution in [2.45, 2.75) is 57.8 Å². The molecule has 3 N–H and O–H groups in total. The molecule has 1 amide bonds. The monoisotopic (exact) mass is 408 g/mol. The Morgan fingerprint density at radius 2 is 1.87 bits per heavy atom. The minimum atomic E-state index is -0.658. The topological polar surface area (TPSA) is 95.6 Å². The quantitative estimate of drug-likeness (QED) is 0.592.